The Bertz CT molecular complexity index is 977. The van der Waals surface area contributed by atoms with Crippen LogP contribution >= 0.6 is 0 Å². The number of methoxy groups -OCH3 is 1. The van der Waals surface area contributed by atoms with Crippen LogP contribution in [0.5, 0.6) is 5.88 Å². The lowest BCUT2D eigenvalue weighted by Crippen LogP contribution is -2.24. The van der Waals surface area contributed by atoms with Crippen LogP contribution in [-0.4, -0.2) is 60.0 Å². The Morgan fingerprint density at radius 2 is 2.18 bits per heavy atom. The van der Waals surface area contributed by atoms with Crippen LogP contribution in [0, 0.1) is 5.82 Å². The quantitative estimate of drug-likeness (QED) is 0.620. The van der Waals surface area contributed by atoms with Crippen molar-refractivity contribution in [3.05, 3.63) is 36.5 Å². The molecular weight excluding hydrogens is 367 g/mol. The topological polar surface area (TPSA) is 93.9 Å². The molecule has 0 radical (unpaired) electrons. The van der Waals surface area contributed by atoms with E-state index in [1.165, 1.54) is 20.2 Å². The molecule has 3 aromatic rings. The van der Waals surface area contributed by atoms with E-state index in [4.69, 9.17) is 9.47 Å². The summed E-state index contributed by atoms with van der Waals surface area (Å²) in [5, 5.41) is 6.67. The fourth-order valence-corrected chi connectivity index (χ4v) is 2.70. The minimum atomic E-state index is -0.473. The number of hydrogen-bond acceptors (Lipinski definition) is 7. The monoisotopic (exact) mass is 388 g/mol. The Balaban J connectivity index is 1.83. The number of ether oxygens (including phenoxy) is 2. The Morgan fingerprint density at radius 1 is 1.36 bits per heavy atom. The average Bonchev–Trinajstić information content (AvgIpc) is 3.13. The number of carbonyl (C=O) groups excluding carboxylic acids is 1. The van der Waals surface area contributed by atoms with Crippen molar-refractivity contribution in [3.8, 4) is 17.0 Å². The van der Waals surface area contributed by atoms with Gasteiger partial charge in [-0.25, -0.2) is 23.7 Å². The predicted octanol–water partition coefficient (Wildman–Crippen LogP) is 2.12. The number of pyridine rings is 1. The molecule has 1 N–H and O–H groups in total. The standard InChI is InChI=1S/C18H21FN6O3/c1-20-18(26)28-8-4-6-24(2)15-5-7-25-16(23-15)14(11-22-25)13-9-12(19)10-21-17(13)27-3/h5,7,9-11H,4,6,8H2,1-3H3,(H,20,26). The average molecular weight is 388 g/mol. The summed E-state index contributed by atoms with van der Waals surface area (Å²) in [5.74, 6) is 0.528. The van der Waals surface area contributed by atoms with Crippen molar-refractivity contribution in [3.63, 3.8) is 0 Å². The van der Waals surface area contributed by atoms with Crippen molar-refractivity contribution in [2.45, 2.75) is 6.42 Å². The normalized spacial score (nSPS) is 10.7. The largest absolute Gasteiger partial charge is 0.481 e. The van der Waals surface area contributed by atoms with E-state index >= 15 is 0 Å². The van der Waals surface area contributed by atoms with E-state index in [1.807, 2.05) is 18.0 Å². The van der Waals surface area contributed by atoms with Crippen LogP contribution in [0.15, 0.2) is 30.7 Å². The minimum absolute atomic E-state index is 0.295. The third-order valence-corrected chi connectivity index (χ3v) is 4.12. The molecule has 3 rings (SSSR count). The fraction of sp³-hybridized carbons (Fsp3) is 0.333. The fourth-order valence-electron chi connectivity index (χ4n) is 2.70. The van der Waals surface area contributed by atoms with Crippen LogP contribution in [0.1, 0.15) is 6.42 Å². The number of nitrogens with zero attached hydrogens (tertiary/aromatic N) is 5. The third-order valence-electron chi connectivity index (χ3n) is 4.12. The maximum Gasteiger partial charge on any atom is 0.406 e. The van der Waals surface area contributed by atoms with Gasteiger partial charge in [-0.15, -0.1) is 0 Å². The van der Waals surface area contributed by atoms with Crippen LogP contribution in [-0.2, 0) is 4.74 Å². The second kappa shape index (κ2) is 8.51. The summed E-state index contributed by atoms with van der Waals surface area (Å²) in [4.78, 5) is 21.6. The van der Waals surface area contributed by atoms with Crippen LogP contribution in [0.2, 0.25) is 0 Å². The predicted molar refractivity (Wildman–Crippen MR) is 101 cm³/mol. The smallest absolute Gasteiger partial charge is 0.406 e. The van der Waals surface area contributed by atoms with Crippen LogP contribution in [0.25, 0.3) is 16.8 Å². The number of aromatic nitrogens is 4. The third kappa shape index (κ3) is 4.11. The number of hydrogen-bond donors (Lipinski definition) is 1. The number of fused-ring (bicyclic) bond motifs is 1. The van der Waals surface area contributed by atoms with Crippen molar-refractivity contribution in [2.75, 3.05) is 39.3 Å². The van der Waals surface area contributed by atoms with Crippen molar-refractivity contribution in [2.24, 2.45) is 0 Å². The highest BCUT2D eigenvalue weighted by Crippen LogP contribution is 2.31. The molecule has 9 nitrogen and oxygen atoms in total. The first-order chi connectivity index (χ1) is 13.5. The van der Waals surface area contributed by atoms with Gasteiger partial charge in [0.1, 0.15) is 11.6 Å². The van der Waals surface area contributed by atoms with Crippen molar-refractivity contribution >= 4 is 17.6 Å². The van der Waals surface area contributed by atoms with Gasteiger partial charge >= 0.3 is 6.09 Å². The number of carbonyl (C=O) groups is 1. The van der Waals surface area contributed by atoms with Gasteiger partial charge < -0.3 is 19.7 Å². The Labute approximate surface area is 161 Å². The molecular formula is C18H21FN6O3. The van der Waals surface area contributed by atoms with Gasteiger partial charge in [0, 0.05) is 26.8 Å². The summed E-state index contributed by atoms with van der Waals surface area (Å²) in [7, 11) is 4.88. The number of alkyl carbamates (subject to hydrolysis) is 1. The second-order valence-electron chi connectivity index (χ2n) is 5.98. The molecule has 0 fully saturated rings. The first-order valence-electron chi connectivity index (χ1n) is 8.63. The zero-order chi connectivity index (χ0) is 20.1. The van der Waals surface area contributed by atoms with Crippen LogP contribution in [0.4, 0.5) is 15.0 Å². The molecule has 0 atom stereocenters. The molecule has 148 valence electrons. The van der Waals surface area contributed by atoms with Gasteiger partial charge in [0.15, 0.2) is 5.65 Å². The molecule has 3 heterocycles. The van der Waals surface area contributed by atoms with Crippen molar-refractivity contribution < 1.29 is 18.7 Å². The van der Waals surface area contributed by atoms with Crippen LogP contribution in [0.3, 0.4) is 0 Å². The van der Waals surface area contributed by atoms with Crippen molar-refractivity contribution in [1.82, 2.24) is 24.9 Å². The summed E-state index contributed by atoms with van der Waals surface area (Å²) in [6, 6.07) is 3.17. The molecule has 0 bridgehead atoms. The minimum Gasteiger partial charge on any atom is -0.481 e. The number of nitrogens with one attached hydrogen (secondary N) is 1. The molecule has 0 saturated carbocycles. The molecule has 0 aliphatic carbocycles. The van der Waals surface area contributed by atoms with Gasteiger partial charge in [-0.3, -0.25) is 0 Å². The van der Waals surface area contributed by atoms with E-state index in [-0.39, 0.29) is 0 Å². The molecule has 10 heteroatoms. The Hall–Kier alpha value is -3.43. The molecule has 0 unspecified atom stereocenters. The van der Waals surface area contributed by atoms with E-state index in [1.54, 1.807) is 16.9 Å². The lowest BCUT2D eigenvalue weighted by atomic mass is 10.1. The van der Waals surface area contributed by atoms with E-state index in [0.29, 0.717) is 48.0 Å². The SMILES string of the molecule is CNC(=O)OCCCN(C)c1ccn2ncc(-c3cc(F)cnc3OC)c2n1. The van der Waals surface area contributed by atoms with Gasteiger partial charge in [0.25, 0.3) is 0 Å². The molecule has 3 aromatic heterocycles. The lowest BCUT2D eigenvalue weighted by Gasteiger charge is -2.18. The number of anilines is 1. The number of halogens is 1. The van der Waals surface area contributed by atoms with Gasteiger partial charge in [0.2, 0.25) is 5.88 Å². The van der Waals surface area contributed by atoms with E-state index in [2.05, 4.69) is 20.4 Å². The lowest BCUT2D eigenvalue weighted by molar-refractivity contribution is 0.147. The molecule has 0 aliphatic heterocycles. The zero-order valence-electron chi connectivity index (χ0n) is 15.8. The summed E-state index contributed by atoms with van der Waals surface area (Å²) in [5.41, 5.74) is 1.64. The maximum atomic E-state index is 13.7. The number of rotatable bonds is 7. The molecule has 28 heavy (non-hydrogen) atoms. The highest BCUT2D eigenvalue weighted by molar-refractivity contribution is 5.80. The molecule has 0 aliphatic rings. The first-order valence-corrected chi connectivity index (χ1v) is 8.63. The highest BCUT2D eigenvalue weighted by Gasteiger charge is 2.16. The molecule has 0 spiro atoms. The van der Waals surface area contributed by atoms with Gasteiger partial charge in [-0.1, -0.05) is 0 Å². The van der Waals surface area contributed by atoms with Gasteiger partial charge in [0.05, 0.1) is 37.2 Å². The van der Waals surface area contributed by atoms with Gasteiger partial charge in [-0.05, 0) is 18.6 Å². The molecule has 1 amide bonds. The van der Waals surface area contributed by atoms with E-state index in [9.17, 15) is 9.18 Å². The Kier molecular flexibility index (Phi) is 5.87. The highest BCUT2D eigenvalue weighted by atomic mass is 19.1. The van der Waals surface area contributed by atoms with Crippen LogP contribution < -0.4 is 15.0 Å². The molecule has 0 aromatic carbocycles. The summed E-state index contributed by atoms with van der Waals surface area (Å²) < 4.78 is 25.6. The van der Waals surface area contributed by atoms with E-state index < -0.39 is 11.9 Å². The summed E-state index contributed by atoms with van der Waals surface area (Å²) >= 11 is 0. The maximum absolute atomic E-state index is 13.7. The molecule has 0 saturated heterocycles. The number of amides is 1. The Morgan fingerprint density at radius 3 is 2.93 bits per heavy atom. The van der Waals surface area contributed by atoms with E-state index in [0.717, 1.165) is 6.20 Å². The van der Waals surface area contributed by atoms with Crippen molar-refractivity contribution in [1.29, 1.82) is 0 Å². The first kappa shape index (κ1) is 19.3. The summed E-state index contributed by atoms with van der Waals surface area (Å²) in [6.07, 6.45) is 4.66. The zero-order valence-corrected chi connectivity index (χ0v) is 15.8. The van der Waals surface area contributed by atoms with Gasteiger partial charge in [-0.2, -0.15) is 5.10 Å². The summed E-state index contributed by atoms with van der Waals surface area (Å²) in [6.45, 7) is 0.935. The second-order valence-corrected chi connectivity index (χ2v) is 5.98.